The Balaban J connectivity index is 2.24. The molecule has 1 aliphatic rings. The number of nitrogens with zero attached hydrogens (tertiary/aromatic N) is 2. The first kappa shape index (κ1) is 15.7. The Morgan fingerprint density at radius 2 is 2.20 bits per heavy atom. The number of hydrogen-bond acceptors (Lipinski definition) is 3. The maximum atomic E-state index is 12.7. The summed E-state index contributed by atoms with van der Waals surface area (Å²) in [6.07, 6.45) is 0.248. The SMILES string of the molecule is Cc1cccc(C(=O)N2CC(O)CC2CN(C)C)c1I. The first-order valence-corrected chi connectivity index (χ1v) is 7.87. The second-order valence-corrected chi connectivity index (χ2v) is 6.78. The van der Waals surface area contributed by atoms with Crippen LogP contribution in [0.3, 0.4) is 0 Å². The summed E-state index contributed by atoms with van der Waals surface area (Å²) in [6, 6.07) is 5.88. The summed E-state index contributed by atoms with van der Waals surface area (Å²) in [4.78, 5) is 16.6. The lowest BCUT2D eigenvalue weighted by molar-refractivity contribution is 0.0698. The zero-order valence-corrected chi connectivity index (χ0v) is 14.3. The summed E-state index contributed by atoms with van der Waals surface area (Å²) in [5.41, 5.74) is 1.85. The van der Waals surface area contributed by atoms with Gasteiger partial charge in [0.15, 0.2) is 0 Å². The van der Waals surface area contributed by atoms with E-state index in [0.717, 1.165) is 21.2 Å². The van der Waals surface area contributed by atoms with Crippen LogP contribution in [0.5, 0.6) is 0 Å². The number of hydrogen-bond donors (Lipinski definition) is 1. The molecule has 4 nitrogen and oxygen atoms in total. The Morgan fingerprint density at radius 1 is 1.50 bits per heavy atom. The number of likely N-dealkylation sites (N-methyl/N-ethyl adjacent to an activating group) is 1. The monoisotopic (exact) mass is 388 g/mol. The molecule has 0 spiro atoms. The van der Waals surface area contributed by atoms with Crippen molar-refractivity contribution in [2.75, 3.05) is 27.2 Å². The van der Waals surface area contributed by atoms with Gasteiger partial charge in [-0.1, -0.05) is 12.1 Å². The lowest BCUT2D eigenvalue weighted by atomic mass is 10.1. The standard InChI is InChI=1S/C15H21IN2O2/c1-10-5-4-6-13(14(10)16)15(20)18-9-12(19)7-11(18)8-17(2)3/h4-6,11-12,19H,7-9H2,1-3H3. The Hall–Kier alpha value is -0.660. The van der Waals surface area contributed by atoms with Gasteiger partial charge in [-0.25, -0.2) is 0 Å². The van der Waals surface area contributed by atoms with Gasteiger partial charge in [-0.15, -0.1) is 0 Å². The van der Waals surface area contributed by atoms with Gasteiger partial charge in [0, 0.05) is 22.7 Å². The number of rotatable bonds is 3. The second-order valence-electron chi connectivity index (χ2n) is 5.70. The van der Waals surface area contributed by atoms with E-state index in [1.807, 2.05) is 44.1 Å². The van der Waals surface area contributed by atoms with Crippen LogP contribution >= 0.6 is 22.6 Å². The van der Waals surface area contributed by atoms with Crippen LogP contribution in [-0.2, 0) is 0 Å². The highest BCUT2D eigenvalue weighted by molar-refractivity contribution is 14.1. The van der Waals surface area contributed by atoms with E-state index in [1.54, 1.807) is 0 Å². The number of aryl methyl sites for hydroxylation is 1. The molecule has 2 rings (SSSR count). The van der Waals surface area contributed by atoms with E-state index in [9.17, 15) is 9.90 Å². The number of aliphatic hydroxyl groups excluding tert-OH is 1. The van der Waals surface area contributed by atoms with Gasteiger partial charge < -0.3 is 14.9 Å². The quantitative estimate of drug-likeness (QED) is 0.803. The molecule has 110 valence electrons. The van der Waals surface area contributed by atoms with Crippen molar-refractivity contribution in [3.05, 3.63) is 32.9 Å². The van der Waals surface area contributed by atoms with Crippen LogP contribution in [0.25, 0.3) is 0 Å². The van der Waals surface area contributed by atoms with Gasteiger partial charge >= 0.3 is 0 Å². The molecule has 1 aliphatic heterocycles. The van der Waals surface area contributed by atoms with E-state index in [-0.39, 0.29) is 11.9 Å². The number of benzene rings is 1. The average molecular weight is 388 g/mol. The molecule has 5 heteroatoms. The number of aliphatic hydroxyl groups is 1. The van der Waals surface area contributed by atoms with Crippen molar-refractivity contribution in [2.45, 2.75) is 25.5 Å². The predicted molar refractivity (Wildman–Crippen MR) is 87.9 cm³/mol. The summed E-state index contributed by atoms with van der Waals surface area (Å²) in [6.45, 7) is 3.22. The van der Waals surface area contributed by atoms with E-state index in [2.05, 4.69) is 27.5 Å². The number of halogens is 1. The molecule has 20 heavy (non-hydrogen) atoms. The van der Waals surface area contributed by atoms with Crippen molar-refractivity contribution < 1.29 is 9.90 Å². The molecule has 1 N–H and O–H groups in total. The molecule has 1 amide bonds. The maximum Gasteiger partial charge on any atom is 0.255 e. The third-order valence-electron chi connectivity index (χ3n) is 3.65. The molecule has 1 aromatic carbocycles. The average Bonchev–Trinajstić information content (AvgIpc) is 2.72. The number of amides is 1. The Morgan fingerprint density at radius 3 is 2.85 bits per heavy atom. The Labute approximate surface area is 133 Å². The fraction of sp³-hybridized carbons (Fsp3) is 0.533. The largest absolute Gasteiger partial charge is 0.391 e. The number of β-amino-alcohol motifs (C(OH)–C–C–N with tert-alkyl or cyclic N) is 1. The molecule has 1 saturated heterocycles. The summed E-state index contributed by atoms with van der Waals surface area (Å²) < 4.78 is 1.00. The number of carbonyl (C=O) groups is 1. The molecule has 2 unspecified atom stereocenters. The first-order chi connectivity index (χ1) is 9.40. The van der Waals surface area contributed by atoms with Crippen molar-refractivity contribution >= 4 is 28.5 Å². The second kappa shape index (κ2) is 6.41. The highest BCUT2D eigenvalue weighted by atomic mass is 127. The highest BCUT2D eigenvalue weighted by Gasteiger charge is 2.35. The molecule has 0 radical (unpaired) electrons. The van der Waals surface area contributed by atoms with Crippen LogP contribution < -0.4 is 0 Å². The van der Waals surface area contributed by atoms with Crippen molar-refractivity contribution in [1.82, 2.24) is 9.80 Å². The van der Waals surface area contributed by atoms with Crippen LogP contribution in [-0.4, -0.2) is 60.1 Å². The van der Waals surface area contributed by atoms with Gasteiger partial charge in [0.1, 0.15) is 0 Å². The zero-order chi connectivity index (χ0) is 14.9. The van der Waals surface area contributed by atoms with E-state index in [0.29, 0.717) is 13.0 Å². The van der Waals surface area contributed by atoms with Gasteiger partial charge in [0.05, 0.1) is 11.7 Å². The normalized spacial score (nSPS) is 22.6. The molecule has 0 aromatic heterocycles. The van der Waals surface area contributed by atoms with Crippen molar-refractivity contribution in [3.63, 3.8) is 0 Å². The molecular weight excluding hydrogens is 367 g/mol. The smallest absolute Gasteiger partial charge is 0.255 e. The van der Waals surface area contributed by atoms with Gasteiger partial charge in [0.2, 0.25) is 0 Å². The lowest BCUT2D eigenvalue weighted by Gasteiger charge is -2.27. The third-order valence-corrected chi connectivity index (χ3v) is 5.08. The topological polar surface area (TPSA) is 43.8 Å². The molecule has 1 heterocycles. The summed E-state index contributed by atoms with van der Waals surface area (Å²) in [5, 5.41) is 9.89. The minimum atomic E-state index is -0.411. The number of likely N-dealkylation sites (tertiary alicyclic amines) is 1. The van der Waals surface area contributed by atoms with Crippen LogP contribution in [0.15, 0.2) is 18.2 Å². The summed E-state index contributed by atoms with van der Waals surface area (Å²) in [7, 11) is 3.98. The molecule has 1 fully saturated rings. The predicted octanol–water partition coefficient (Wildman–Crippen LogP) is 1.74. The summed E-state index contributed by atoms with van der Waals surface area (Å²) in [5.74, 6) is 0.0292. The molecule has 0 aliphatic carbocycles. The van der Waals surface area contributed by atoms with E-state index >= 15 is 0 Å². The van der Waals surface area contributed by atoms with Gasteiger partial charge in [-0.2, -0.15) is 0 Å². The third kappa shape index (κ3) is 3.32. The van der Waals surface area contributed by atoms with Crippen LogP contribution in [0.4, 0.5) is 0 Å². The van der Waals surface area contributed by atoms with Crippen molar-refractivity contribution in [2.24, 2.45) is 0 Å². The van der Waals surface area contributed by atoms with Crippen molar-refractivity contribution in [3.8, 4) is 0 Å². The maximum absolute atomic E-state index is 12.7. The van der Waals surface area contributed by atoms with Crippen LogP contribution in [0.2, 0.25) is 0 Å². The fourth-order valence-corrected chi connectivity index (χ4v) is 3.29. The molecule has 0 saturated carbocycles. The molecule has 1 aromatic rings. The zero-order valence-electron chi connectivity index (χ0n) is 12.1. The van der Waals surface area contributed by atoms with Crippen molar-refractivity contribution in [1.29, 1.82) is 0 Å². The lowest BCUT2D eigenvalue weighted by Crippen LogP contribution is -2.41. The van der Waals surface area contributed by atoms with Crippen LogP contribution in [0, 0.1) is 10.5 Å². The van der Waals surface area contributed by atoms with Crippen LogP contribution in [0.1, 0.15) is 22.3 Å². The van der Waals surface area contributed by atoms with E-state index < -0.39 is 6.10 Å². The molecule has 2 atom stereocenters. The molecule has 0 bridgehead atoms. The first-order valence-electron chi connectivity index (χ1n) is 6.79. The Kier molecular flexibility index (Phi) is 5.04. The van der Waals surface area contributed by atoms with Gasteiger partial charge in [-0.05, 0) is 61.7 Å². The van der Waals surface area contributed by atoms with E-state index in [4.69, 9.17) is 0 Å². The Bertz CT molecular complexity index is 505. The van der Waals surface area contributed by atoms with Gasteiger partial charge in [-0.3, -0.25) is 4.79 Å². The minimum absolute atomic E-state index is 0.0292. The summed E-state index contributed by atoms with van der Waals surface area (Å²) >= 11 is 2.22. The minimum Gasteiger partial charge on any atom is -0.391 e. The fourth-order valence-electron chi connectivity index (χ4n) is 2.70. The molecular formula is C15H21IN2O2. The van der Waals surface area contributed by atoms with E-state index in [1.165, 1.54) is 0 Å². The number of carbonyl (C=O) groups excluding carboxylic acids is 1. The van der Waals surface area contributed by atoms with Gasteiger partial charge in [0.25, 0.3) is 5.91 Å². The highest BCUT2D eigenvalue weighted by Crippen LogP contribution is 2.24.